The van der Waals surface area contributed by atoms with E-state index in [1.165, 1.54) is 15.9 Å². The monoisotopic (exact) mass is 389 g/mol. The Morgan fingerprint density at radius 2 is 2.15 bits per heavy atom. The molecule has 26 heavy (non-hydrogen) atoms. The zero-order valence-corrected chi connectivity index (χ0v) is 16.2. The first kappa shape index (κ1) is 18.4. The van der Waals surface area contributed by atoms with Gasteiger partial charge in [-0.2, -0.15) is 0 Å². The van der Waals surface area contributed by atoms with E-state index >= 15 is 0 Å². The van der Waals surface area contributed by atoms with E-state index in [0.717, 1.165) is 30.7 Å². The van der Waals surface area contributed by atoms with Gasteiger partial charge in [0.2, 0.25) is 5.13 Å². The van der Waals surface area contributed by atoms with Gasteiger partial charge < -0.3 is 4.98 Å². The number of hydrogen-bond acceptors (Lipinski definition) is 6. The van der Waals surface area contributed by atoms with Crippen LogP contribution in [0.25, 0.3) is 10.9 Å². The Bertz CT molecular complexity index is 1070. The fourth-order valence-electron chi connectivity index (χ4n) is 2.55. The molecule has 3 rings (SSSR count). The van der Waals surface area contributed by atoms with Crippen molar-refractivity contribution in [3.05, 3.63) is 43.9 Å². The molecule has 1 amide bonds. The maximum Gasteiger partial charge on any atom is 0.261 e. The molecule has 7 nitrogen and oxygen atoms in total. The zero-order chi connectivity index (χ0) is 18.7. The highest BCUT2D eigenvalue weighted by molar-refractivity contribution is 7.71. The van der Waals surface area contributed by atoms with E-state index in [2.05, 4.69) is 27.4 Å². The van der Waals surface area contributed by atoms with Gasteiger partial charge in [-0.1, -0.05) is 31.1 Å². The van der Waals surface area contributed by atoms with E-state index in [9.17, 15) is 9.59 Å². The molecule has 0 radical (unpaired) electrons. The van der Waals surface area contributed by atoms with Crippen LogP contribution in [0.3, 0.4) is 0 Å². The van der Waals surface area contributed by atoms with Crippen molar-refractivity contribution in [3.63, 3.8) is 0 Å². The van der Waals surface area contributed by atoms with E-state index in [4.69, 9.17) is 12.2 Å². The van der Waals surface area contributed by atoms with Crippen molar-refractivity contribution in [2.45, 2.75) is 32.6 Å². The topological polar surface area (TPSA) is 92.7 Å². The number of hydrogen-bond donors (Lipinski definition) is 2. The van der Waals surface area contributed by atoms with Crippen LogP contribution in [0.1, 0.15) is 41.6 Å². The fourth-order valence-corrected chi connectivity index (χ4v) is 3.52. The Morgan fingerprint density at radius 3 is 2.92 bits per heavy atom. The van der Waals surface area contributed by atoms with Gasteiger partial charge in [0.05, 0.1) is 10.9 Å². The van der Waals surface area contributed by atoms with Crippen LogP contribution in [-0.2, 0) is 13.5 Å². The Labute approximate surface area is 159 Å². The van der Waals surface area contributed by atoms with Gasteiger partial charge in [0.25, 0.3) is 11.5 Å². The minimum Gasteiger partial charge on any atom is -0.332 e. The van der Waals surface area contributed by atoms with E-state index in [1.54, 1.807) is 25.2 Å². The number of amides is 1. The molecule has 0 unspecified atom stereocenters. The minimum absolute atomic E-state index is 0.198. The molecule has 0 fully saturated rings. The SMILES string of the molecule is CCCCCc1nnc(NC(=O)c2ccc3c(=O)n(C)c(=S)[nH]c3c2)s1. The first-order chi connectivity index (χ1) is 12.5. The first-order valence-electron chi connectivity index (χ1n) is 8.36. The second-order valence-electron chi connectivity index (χ2n) is 5.97. The molecular formula is C17H19N5O2S2. The quantitative estimate of drug-likeness (QED) is 0.498. The summed E-state index contributed by atoms with van der Waals surface area (Å²) in [6, 6.07) is 4.85. The lowest BCUT2D eigenvalue weighted by atomic mass is 10.1. The first-order valence-corrected chi connectivity index (χ1v) is 9.59. The normalized spacial score (nSPS) is 11.0. The fraction of sp³-hybridized carbons (Fsp3) is 0.353. The number of nitrogens with zero attached hydrogens (tertiary/aromatic N) is 3. The third kappa shape index (κ3) is 3.88. The standard InChI is InChI=1S/C17H19N5O2S2/c1-3-4-5-6-13-20-21-16(26-13)19-14(23)10-7-8-11-12(9-10)18-17(25)22(2)15(11)24/h7-9H,3-6H2,1-2H3,(H,18,25)(H,19,21,23). The van der Waals surface area contributed by atoms with Gasteiger partial charge in [0.1, 0.15) is 5.01 Å². The zero-order valence-electron chi connectivity index (χ0n) is 14.5. The number of benzene rings is 1. The molecule has 0 atom stereocenters. The highest BCUT2D eigenvalue weighted by atomic mass is 32.1. The highest BCUT2D eigenvalue weighted by Gasteiger charge is 2.12. The van der Waals surface area contributed by atoms with Gasteiger partial charge in [0, 0.05) is 19.0 Å². The number of carbonyl (C=O) groups is 1. The Morgan fingerprint density at radius 1 is 1.35 bits per heavy atom. The predicted octanol–water partition coefficient (Wildman–Crippen LogP) is 3.43. The number of anilines is 1. The van der Waals surface area contributed by atoms with E-state index in [-0.39, 0.29) is 11.5 Å². The number of fused-ring (bicyclic) bond motifs is 1. The van der Waals surface area contributed by atoms with Crippen LogP contribution in [0.4, 0.5) is 5.13 Å². The van der Waals surface area contributed by atoms with Crippen molar-refractivity contribution >= 4 is 45.5 Å². The lowest BCUT2D eigenvalue weighted by Gasteiger charge is -2.05. The van der Waals surface area contributed by atoms with E-state index in [0.29, 0.717) is 26.4 Å². The molecule has 0 bridgehead atoms. The van der Waals surface area contributed by atoms with Gasteiger partial charge in [-0.3, -0.25) is 19.5 Å². The molecule has 2 heterocycles. The van der Waals surface area contributed by atoms with E-state index < -0.39 is 0 Å². The Balaban J connectivity index is 1.79. The minimum atomic E-state index is -0.303. The Hall–Kier alpha value is -2.39. The summed E-state index contributed by atoms with van der Waals surface area (Å²) in [5, 5.41) is 12.8. The molecule has 2 aromatic heterocycles. The molecule has 0 aliphatic carbocycles. The van der Waals surface area contributed by atoms with E-state index in [1.807, 2.05) is 0 Å². The summed E-state index contributed by atoms with van der Waals surface area (Å²) in [6.45, 7) is 2.15. The summed E-state index contributed by atoms with van der Waals surface area (Å²) < 4.78 is 1.67. The number of carbonyl (C=O) groups excluding carboxylic acids is 1. The molecule has 1 aromatic carbocycles. The largest absolute Gasteiger partial charge is 0.332 e. The average Bonchev–Trinajstić information content (AvgIpc) is 3.07. The highest BCUT2D eigenvalue weighted by Crippen LogP contribution is 2.19. The van der Waals surface area contributed by atoms with Crippen molar-refractivity contribution in [1.29, 1.82) is 0 Å². The summed E-state index contributed by atoms with van der Waals surface area (Å²) in [6.07, 6.45) is 4.24. The number of aromatic amines is 1. The van der Waals surface area contributed by atoms with Crippen molar-refractivity contribution in [2.24, 2.45) is 7.05 Å². The van der Waals surface area contributed by atoms with Crippen LogP contribution < -0.4 is 10.9 Å². The molecule has 0 aliphatic heterocycles. The van der Waals surface area contributed by atoms with Crippen molar-refractivity contribution in [1.82, 2.24) is 19.7 Å². The average molecular weight is 390 g/mol. The van der Waals surface area contributed by atoms with Crippen molar-refractivity contribution < 1.29 is 4.79 Å². The van der Waals surface area contributed by atoms with Crippen LogP contribution in [0.15, 0.2) is 23.0 Å². The summed E-state index contributed by atoms with van der Waals surface area (Å²) in [5.41, 5.74) is 0.749. The van der Waals surface area contributed by atoms with Gasteiger partial charge in [0.15, 0.2) is 4.77 Å². The van der Waals surface area contributed by atoms with Crippen LogP contribution in [-0.4, -0.2) is 25.7 Å². The third-order valence-corrected chi connectivity index (χ3v) is 5.32. The predicted molar refractivity (Wildman–Crippen MR) is 105 cm³/mol. The number of aromatic nitrogens is 4. The molecule has 9 heteroatoms. The van der Waals surface area contributed by atoms with Crippen LogP contribution in [0.2, 0.25) is 0 Å². The number of nitrogens with one attached hydrogen (secondary N) is 2. The van der Waals surface area contributed by atoms with Gasteiger partial charge >= 0.3 is 0 Å². The van der Waals surface area contributed by atoms with Crippen LogP contribution in [0, 0.1) is 4.77 Å². The number of unbranched alkanes of at least 4 members (excludes halogenated alkanes) is 2. The molecule has 2 N–H and O–H groups in total. The lowest BCUT2D eigenvalue weighted by molar-refractivity contribution is 0.102. The molecule has 0 aliphatic rings. The van der Waals surface area contributed by atoms with Crippen molar-refractivity contribution in [2.75, 3.05) is 5.32 Å². The van der Waals surface area contributed by atoms with Crippen LogP contribution >= 0.6 is 23.6 Å². The molecular weight excluding hydrogens is 370 g/mol. The molecule has 3 aromatic rings. The number of H-pyrrole nitrogens is 1. The summed E-state index contributed by atoms with van der Waals surface area (Å²) >= 11 is 6.50. The second kappa shape index (κ2) is 7.88. The third-order valence-electron chi connectivity index (χ3n) is 4.04. The number of rotatable bonds is 6. The lowest BCUT2D eigenvalue weighted by Crippen LogP contribution is -2.19. The second-order valence-corrected chi connectivity index (χ2v) is 7.42. The molecule has 0 spiro atoms. The maximum atomic E-state index is 12.5. The summed E-state index contributed by atoms with van der Waals surface area (Å²) in [7, 11) is 1.61. The maximum absolute atomic E-state index is 12.5. The smallest absolute Gasteiger partial charge is 0.261 e. The summed E-state index contributed by atoms with van der Waals surface area (Å²) in [5.74, 6) is -0.303. The van der Waals surface area contributed by atoms with Gasteiger partial charge in [-0.05, 0) is 36.8 Å². The van der Waals surface area contributed by atoms with Crippen LogP contribution in [0.5, 0.6) is 0 Å². The molecule has 0 saturated heterocycles. The van der Waals surface area contributed by atoms with Gasteiger partial charge in [-0.15, -0.1) is 10.2 Å². The Kier molecular flexibility index (Phi) is 5.58. The van der Waals surface area contributed by atoms with Gasteiger partial charge in [-0.25, -0.2) is 0 Å². The summed E-state index contributed by atoms with van der Waals surface area (Å²) in [4.78, 5) is 27.6. The number of aryl methyl sites for hydroxylation is 1. The van der Waals surface area contributed by atoms with Crippen molar-refractivity contribution in [3.8, 4) is 0 Å². The molecule has 0 saturated carbocycles. The molecule has 136 valence electrons.